The maximum atomic E-state index is 13.3. The number of benzene rings is 1. The van der Waals surface area contributed by atoms with Gasteiger partial charge in [-0.05, 0) is 36.1 Å². The Hall–Kier alpha value is -1.84. The molecule has 0 aliphatic carbocycles. The zero-order chi connectivity index (χ0) is 12.8. The minimum absolute atomic E-state index is 0.283. The topological polar surface area (TPSA) is 46.5 Å². The van der Waals surface area contributed by atoms with Crippen molar-refractivity contribution in [3.05, 3.63) is 41.2 Å². The zero-order valence-corrected chi connectivity index (χ0v) is 9.87. The first-order valence-electron chi connectivity index (χ1n) is 5.32. The number of carboxylic acids is 1. The van der Waals surface area contributed by atoms with Crippen molar-refractivity contribution in [2.45, 2.75) is 19.8 Å². The van der Waals surface area contributed by atoms with Crippen LogP contribution in [0.4, 0.5) is 4.39 Å². The van der Waals surface area contributed by atoms with Crippen molar-refractivity contribution >= 4 is 5.97 Å². The summed E-state index contributed by atoms with van der Waals surface area (Å²) in [6.45, 7) is 1.73. The second-order valence-corrected chi connectivity index (χ2v) is 3.60. The number of hydrogen-bond donors (Lipinski definition) is 1. The summed E-state index contributed by atoms with van der Waals surface area (Å²) in [5.41, 5.74) is 1.11. The van der Waals surface area contributed by atoms with Crippen LogP contribution in [0.5, 0.6) is 5.75 Å². The summed E-state index contributed by atoms with van der Waals surface area (Å²) in [6, 6.07) is 7.16. The quantitative estimate of drug-likeness (QED) is 0.802. The van der Waals surface area contributed by atoms with E-state index in [-0.39, 0.29) is 12.0 Å². The average Bonchev–Trinajstić information content (AvgIpc) is 2.35. The number of carbonyl (C=O) groups is 1. The first-order valence-corrected chi connectivity index (χ1v) is 5.32. The highest BCUT2D eigenvalue weighted by Crippen LogP contribution is 2.20. The predicted octanol–water partition coefficient (Wildman–Crippen LogP) is 2.96. The smallest absolute Gasteiger partial charge is 0.364 e. The summed E-state index contributed by atoms with van der Waals surface area (Å²) in [7, 11) is 1.55. The van der Waals surface area contributed by atoms with Gasteiger partial charge in [-0.3, -0.25) is 0 Å². The van der Waals surface area contributed by atoms with Crippen molar-refractivity contribution in [1.82, 2.24) is 0 Å². The Bertz CT molecular complexity index is 438. The Morgan fingerprint density at radius 2 is 2.18 bits per heavy atom. The van der Waals surface area contributed by atoms with Gasteiger partial charge in [-0.15, -0.1) is 0 Å². The lowest BCUT2D eigenvalue weighted by Gasteiger charge is -2.07. The molecule has 0 saturated carbocycles. The van der Waals surface area contributed by atoms with Gasteiger partial charge in [0.15, 0.2) is 0 Å². The first kappa shape index (κ1) is 13.2. The molecule has 1 aromatic rings. The van der Waals surface area contributed by atoms with Gasteiger partial charge < -0.3 is 9.84 Å². The van der Waals surface area contributed by atoms with Crippen LogP contribution in [0, 0.1) is 0 Å². The molecule has 0 amide bonds. The van der Waals surface area contributed by atoms with Crippen molar-refractivity contribution in [2.24, 2.45) is 0 Å². The first-order chi connectivity index (χ1) is 8.08. The minimum Gasteiger partial charge on any atom is -0.497 e. The lowest BCUT2D eigenvalue weighted by atomic mass is 10.0. The Morgan fingerprint density at radius 1 is 1.47 bits per heavy atom. The molecular weight excluding hydrogens is 223 g/mol. The summed E-state index contributed by atoms with van der Waals surface area (Å²) in [5, 5.41) is 8.60. The molecule has 0 radical (unpaired) electrons. The fourth-order valence-corrected chi connectivity index (χ4v) is 1.54. The molecule has 1 N–H and O–H groups in total. The molecule has 1 rings (SSSR count). The molecule has 0 fully saturated rings. The van der Waals surface area contributed by atoms with E-state index in [0.29, 0.717) is 12.2 Å². The number of hydrogen-bond acceptors (Lipinski definition) is 2. The van der Waals surface area contributed by atoms with Gasteiger partial charge in [-0.1, -0.05) is 19.1 Å². The van der Waals surface area contributed by atoms with E-state index in [2.05, 4.69) is 0 Å². The molecular formula is C13H15FO3. The van der Waals surface area contributed by atoms with Crippen molar-refractivity contribution in [3.63, 3.8) is 0 Å². The molecule has 17 heavy (non-hydrogen) atoms. The van der Waals surface area contributed by atoms with E-state index in [1.807, 2.05) is 6.07 Å². The van der Waals surface area contributed by atoms with Gasteiger partial charge in [0.2, 0.25) is 5.83 Å². The third-order valence-corrected chi connectivity index (χ3v) is 2.48. The molecule has 92 valence electrons. The molecule has 0 bridgehead atoms. The Labute approximate surface area is 99.5 Å². The van der Waals surface area contributed by atoms with E-state index in [9.17, 15) is 9.18 Å². The van der Waals surface area contributed by atoms with E-state index >= 15 is 0 Å². The van der Waals surface area contributed by atoms with Gasteiger partial charge in [0.1, 0.15) is 5.75 Å². The highest BCUT2D eigenvalue weighted by atomic mass is 19.1. The number of rotatable bonds is 5. The monoisotopic (exact) mass is 238 g/mol. The molecule has 4 heteroatoms. The molecule has 0 aliphatic rings. The van der Waals surface area contributed by atoms with Crippen molar-refractivity contribution < 1.29 is 19.0 Å². The number of aliphatic carboxylic acids is 1. The molecule has 0 saturated heterocycles. The SMILES string of the molecule is CCC(Cc1cccc(OC)c1)=C(F)C(=O)O. The fraction of sp³-hybridized carbons (Fsp3) is 0.308. The van der Waals surface area contributed by atoms with Crippen LogP contribution < -0.4 is 4.74 Å². The molecule has 3 nitrogen and oxygen atoms in total. The molecule has 0 aliphatic heterocycles. The maximum absolute atomic E-state index is 13.3. The summed E-state index contributed by atoms with van der Waals surface area (Å²) >= 11 is 0. The van der Waals surface area contributed by atoms with Crippen molar-refractivity contribution in [2.75, 3.05) is 7.11 Å². The number of halogens is 1. The van der Waals surface area contributed by atoms with Gasteiger partial charge in [0.25, 0.3) is 0 Å². The standard InChI is InChI=1S/C13H15FO3/c1-3-10(12(14)13(15)16)7-9-5-4-6-11(8-9)17-2/h4-6,8H,3,7H2,1-2H3,(H,15,16). The van der Waals surface area contributed by atoms with E-state index < -0.39 is 11.8 Å². The van der Waals surface area contributed by atoms with Crippen LogP contribution in [-0.2, 0) is 11.2 Å². The minimum atomic E-state index is -1.51. The average molecular weight is 238 g/mol. The number of methoxy groups -OCH3 is 1. The van der Waals surface area contributed by atoms with E-state index in [4.69, 9.17) is 9.84 Å². The normalized spacial score (nSPS) is 11.9. The predicted molar refractivity (Wildman–Crippen MR) is 62.8 cm³/mol. The van der Waals surface area contributed by atoms with Gasteiger partial charge in [0, 0.05) is 0 Å². The van der Waals surface area contributed by atoms with Crippen LogP contribution in [-0.4, -0.2) is 18.2 Å². The van der Waals surface area contributed by atoms with Crippen LogP contribution in [0.3, 0.4) is 0 Å². The van der Waals surface area contributed by atoms with Gasteiger partial charge in [0.05, 0.1) is 7.11 Å². The van der Waals surface area contributed by atoms with Crippen LogP contribution >= 0.6 is 0 Å². The van der Waals surface area contributed by atoms with Crippen molar-refractivity contribution in [1.29, 1.82) is 0 Å². The van der Waals surface area contributed by atoms with Crippen LogP contribution in [0.15, 0.2) is 35.7 Å². The largest absolute Gasteiger partial charge is 0.497 e. The summed E-state index contributed by atoms with van der Waals surface area (Å²) in [5.74, 6) is -1.89. The third-order valence-electron chi connectivity index (χ3n) is 2.48. The molecule has 0 unspecified atom stereocenters. The molecule has 1 aromatic carbocycles. The molecule has 0 spiro atoms. The molecule has 0 atom stereocenters. The van der Waals surface area contributed by atoms with E-state index in [1.54, 1.807) is 32.2 Å². The highest BCUT2D eigenvalue weighted by Gasteiger charge is 2.13. The Kier molecular flexibility index (Phi) is 4.69. The van der Waals surface area contributed by atoms with Crippen LogP contribution in [0.25, 0.3) is 0 Å². The van der Waals surface area contributed by atoms with Crippen molar-refractivity contribution in [3.8, 4) is 5.75 Å². The molecule has 0 aromatic heterocycles. The molecule has 0 heterocycles. The second kappa shape index (κ2) is 6.03. The third kappa shape index (κ3) is 3.59. The maximum Gasteiger partial charge on any atom is 0.364 e. The highest BCUT2D eigenvalue weighted by molar-refractivity contribution is 5.85. The fourth-order valence-electron chi connectivity index (χ4n) is 1.54. The van der Waals surface area contributed by atoms with Gasteiger partial charge in [-0.2, -0.15) is 4.39 Å². The summed E-state index contributed by atoms with van der Waals surface area (Å²) in [6.07, 6.45) is 0.654. The lowest BCUT2D eigenvalue weighted by molar-refractivity contribution is -0.134. The van der Waals surface area contributed by atoms with Gasteiger partial charge in [-0.25, -0.2) is 4.79 Å². The Morgan fingerprint density at radius 3 is 2.71 bits per heavy atom. The number of allylic oxidation sites excluding steroid dienone is 1. The summed E-state index contributed by atoms with van der Waals surface area (Å²) < 4.78 is 18.4. The lowest BCUT2D eigenvalue weighted by Crippen LogP contribution is -2.02. The van der Waals surface area contributed by atoms with Crippen LogP contribution in [0.2, 0.25) is 0 Å². The Balaban J connectivity index is 2.95. The number of carboxylic acid groups (broad SMARTS) is 1. The van der Waals surface area contributed by atoms with Gasteiger partial charge >= 0.3 is 5.97 Å². The zero-order valence-electron chi connectivity index (χ0n) is 9.87. The van der Waals surface area contributed by atoms with Crippen LogP contribution in [0.1, 0.15) is 18.9 Å². The second-order valence-electron chi connectivity index (χ2n) is 3.60. The van der Waals surface area contributed by atoms with E-state index in [0.717, 1.165) is 5.56 Å². The van der Waals surface area contributed by atoms with E-state index in [1.165, 1.54) is 0 Å². The number of ether oxygens (including phenoxy) is 1. The summed E-state index contributed by atoms with van der Waals surface area (Å²) in [4.78, 5) is 10.6.